The number of alkyl halides is 1. The summed E-state index contributed by atoms with van der Waals surface area (Å²) < 4.78 is 2.20. The average molecular weight is 420 g/mol. The Morgan fingerprint density at radius 1 is 1.50 bits per heavy atom. The standard InChI is InChI=1S/C14H16Br2N2OS/c1-4-5-9(15)13(19)18-14-17-11-7(2)6-10(16)8(3)12(11)20-14/h6,9H,4-5H2,1-3H3,(H,17,18,19)/t9-/m1/s1. The van der Waals surface area contributed by atoms with E-state index in [0.29, 0.717) is 5.13 Å². The first-order chi connectivity index (χ1) is 9.43. The first-order valence-corrected chi connectivity index (χ1v) is 8.97. The molecular weight excluding hydrogens is 404 g/mol. The van der Waals surface area contributed by atoms with Crippen molar-refractivity contribution in [3.63, 3.8) is 0 Å². The molecule has 0 aliphatic heterocycles. The van der Waals surface area contributed by atoms with E-state index in [0.717, 1.165) is 38.7 Å². The monoisotopic (exact) mass is 418 g/mol. The topological polar surface area (TPSA) is 42.0 Å². The number of aryl methyl sites for hydroxylation is 2. The fourth-order valence-electron chi connectivity index (χ4n) is 1.94. The summed E-state index contributed by atoms with van der Waals surface area (Å²) in [5.74, 6) is -0.0275. The number of hydrogen-bond donors (Lipinski definition) is 1. The van der Waals surface area contributed by atoms with Crippen molar-refractivity contribution >= 4 is 64.5 Å². The van der Waals surface area contributed by atoms with Gasteiger partial charge in [-0.25, -0.2) is 4.98 Å². The molecule has 20 heavy (non-hydrogen) atoms. The van der Waals surface area contributed by atoms with E-state index >= 15 is 0 Å². The molecule has 0 aliphatic rings. The molecule has 1 aromatic heterocycles. The largest absolute Gasteiger partial charge is 0.301 e. The predicted octanol–water partition coefficient (Wildman–Crippen LogP) is 5.18. The zero-order valence-corrected chi connectivity index (χ0v) is 15.6. The zero-order valence-electron chi connectivity index (χ0n) is 11.6. The number of amides is 1. The van der Waals surface area contributed by atoms with E-state index in [4.69, 9.17) is 0 Å². The number of carbonyl (C=O) groups is 1. The van der Waals surface area contributed by atoms with E-state index in [1.54, 1.807) is 0 Å². The molecule has 1 aromatic carbocycles. The van der Waals surface area contributed by atoms with Gasteiger partial charge in [-0.3, -0.25) is 4.79 Å². The van der Waals surface area contributed by atoms with Crippen LogP contribution < -0.4 is 5.32 Å². The molecule has 1 heterocycles. The molecule has 108 valence electrons. The third kappa shape index (κ3) is 3.23. The highest BCUT2D eigenvalue weighted by molar-refractivity contribution is 9.10. The van der Waals surface area contributed by atoms with E-state index in [-0.39, 0.29) is 10.7 Å². The molecule has 0 unspecified atom stereocenters. The van der Waals surface area contributed by atoms with Gasteiger partial charge in [-0.2, -0.15) is 0 Å². The highest BCUT2D eigenvalue weighted by atomic mass is 79.9. The second-order valence-corrected chi connectivity index (χ2v) is 7.70. The molecule has 0 bridgehead atoms. The quantitative estimate of drug-likeness (QED) is 0.693. The van der Waals surface area contributed by atoms with Crippen LogP contribution in [0.3, 0.4) is 0 Å². The fourth-order valence-corrected chi connectivity index (χ4v) is 4.23. The average Bonchev–Trinajstić information content (AvgIpc) is 2.81. The van der Waals surface area contributed by atoms with Crippen LogP contribution >= 0.6 is 43.2 Å². The normalized spacial score (nSPS) is 12.7. The summed E-state index contributed by atoms with van der Waals surface area (Å²) in [7, 11) is 0. The van der Waals surface area contributed by atoms with Gasteiger partial charge in [-0.05, 0) is 37.5 Å². The number of fused-ring (bicyclic) bond motifs is 1. The van der Waals surface area contributed by atoms with Gasteiger partial charge >= 0.3 is 0 Å². The van der Waals surface area contributed by atoms with E-state index in [9.17, 15) is 4.79 Å². The van der Waals surface area contributed by atoms with Crippen molar-refractivity contribution in [2.75, 3.05) is 5.32 Å². The molecule has 0 saturated heterocycles. The van der Waals surface area contributed by atoms with Crippen LogP contribution in [0.15, 0.2) is 10.5 Å². The van der Waals surface area contributed by atoms with Gasteiger partial charge in [0.05, 0.1) is 15.0 Å². The number of nitrogens with one attached hydrogen (secondary N) is 1. The highest BCUT2D eigenvalue weighted by Gasteiger charge is 2.17. The Hall–Kier alpha value is -0.460. The Kier molecular flexibility index (Phi) is 5.20. The lowest BCUT2D eigenvalue weighted by Gasteiger charge is -2.06. The Morgan fingerprint density at radius 3 is 2.85 bits per heavy atom. The maximum Gasteiger partial charge on any atom is 0.239 e. The minimum absolute atomic E-state index is 0.0275. The lowest BCUT2D eigenvalue weighted by atomic mass is 10.1. The molecule has 1 N–H and O–H groups in total. The number of thiazole rings is 1. The number of aromatic nitrogens is 1. The highest BCUT2D eigenvalue weighted by Crippen LogP contribution is 2.35. The smallest absolute Gasteiger partial charge is 0.239 e. The van der Waals surface area contributed by atoms with Crippen molar-refractivity contribution in [3.05, 3.63) is 21.7 Å². The SMILES string of the molecule is CCC[C@@H](Br)C(=O)Nc1nc2c(C)cc(Br)c(C)c2s1. The summed E-state index contributed by atoms with van der Waals surface area (Å²) >= 11 is 8.48. The lowest BCUT2D eigenvalue weighted by molar-refractivity contribution is -0.115. The van der Waals surface area contributed by atoms with Crippen LogP contribution in [0.25, 0.3) is 10.2 Å². The van der Waals surface area contributed by atoms with Crippen LogP contribution in [0.5, 0.6) is 0 Å². The van der Waals surface area contributed by atoms with Crippen molar-refractivity contribution in [1.82, 2.24) is 4.98 Å². The maximum absolute atomic E-state index is 12.0. The van der Waals surface area contributed by atoms with Gasteiger partial charge < -0.3 is 5.32 Å². The number of hydrogen-bond acceptors (Lipinski definition) is 3. The van der Waals surface area contributed by atoms with Crippen molar-refractivity contribution in [2.45, 2.75) is 38.4 Å². The molecule has 0 spiro atoms. The van der Waals surface area contributed by atoms with Crippen LogP contribution in [-0.2, 0) is 4.79 Å². The van der Waals surface area contributed by atoms with E-state index < -0.39 is 0 Å². The molecule has 0 fully saturated rings. The number of benzene rings is 1. The molecule has 3 nitrogen and oxygen atoms in total. The third-order valence-electron chi connectivity index (χ3n) is 3.10. The molecule has 2 rings (SSSR count). The van der Waals surface area contributed by atoms with Gasteiger partial charge in [0.25, 0.3) is 0 Å². The van der Waals surface area contributed by atoms with Crippen molar-refractivity contribution in [2.24, 2.45) is 0 Å². The Morgan fingerprint density at radius 2 is 2.20 bits per heavy atom. The lowest BCUT2D eigenvalue weighted by Crippen LogP contribution is -2.22. The van der Waals surface area contributed by atoms with Crippen LogP contribution in [-0.4, -0.2) is 15.7 Å². The van der Waals surface area contributed by atoms with Gasteiger partial charge in [0.1, 0.15) is 0 Å². The van der Waals surface area contributed by atoms with E-state index in [1.165, 1.54) is 11.3 Å². The molecule has 0 saturated carbocycles. The Balaban J connectivity index is 2.31. The number of carbonyl (C=O) groups excluding carboxylic acids is 1. The van der Waals surface area contributed by atoms with Gasteiger partial charge in [0.2, 0.25) is 5.91 Å². The summed E-state index contributed by atoms with van der Waals surface area (Å²) in [5.41, 5.74) is 3.23. The molecule has 6 heteroatoms. The summed E-state index contributed by atoms with van der Waals surface area (Å²) in [6.07, 6.45) is 1.79. The fraction of sp³-hybridized carbons (Fsp3) is 0.429. The van der Waals surface area contributed by atoms with Gasteiger partial charge in [-0.15, -0.1) is 0 Å². The Bertz CT molecular complexity index is 654. The maximum atomic E-state index is 12.0. The van der Waals surface area contributed by atoms with Crippen molar-refractivity contribution in [3.8, 4) is 0 Å². The zero-order chi connectivity index (χ0) is 14.9. The van der Waals surface area contributed by atoms with Gasteiger partial charge in [0.15, 0.2) is 5.13 Å². The number of halogens is 2. The number of nitrogens with zero attached hydrogens (tertiary/aromatic N) is 1. The minimum atomic E-state index is -0.159. The molecule has 1 amide bonds. The first-order valence-electron chi connectivity index (χ1n) is 6.45. The third-order valence-corrected chi connectivity index (χ3v) is 5.89. The summed E-state index contributed by atoms with van der Waals surface area (Å²) in [6, 6.07) is 2.06. The molecule has 0 radical (unpaired) electrons. The van der Waals surface area contributed by atoms with Gasteiger partial charge in [-0.1, -0.05) is 56.5 Å². The van der Waals surface area contributed by atoms with Crippen LogP contribution in [0.4, 0.5) is 5.13 Å². The van der Waals surface area contributed by atoms with E-state index in [2.05, 4.69) is 62.1 Å². The molecular formula is C14H16Br2N2OS. The minimum Gasteiger partial charge on any atom is -0.301 e. The summed E-state index contributed by atoms with van der Waals surface area (Å²) in [6.45, 7) is 6.14. The molecule has 0 aliphatic carbocycles. The number of anilines is 1. The van der Waals surface area contributed by atoms with Crippen LogP contribution in [0.1, 0.15) is 30.9 Å². The van der Waals surface area contributed by atoms with Crippen LogP contribution in [0.2, 0.25) is 0 Å². The first kappa shape index (κ1) is 15.9. The summed E-state index contributed by atoms with van der Waals surface area (Å²) in [4.78, 5) is 16.4. The van der Waals surface area contributed by atoms with Crippen molar-refractivity contribution < 1.29 is 4.79 Å². The summed E-state index contributed by atoms with van der Waals surface area (Å²) in [5, 5.41) is 3.56. The molecule has 1 atom stereocenters. The Labute approximate surface area is 139 Å². The van der Waals surface area contributed by atoms with Crippen LogP contribution in [0, 0.1) is 13.8 Å². The van der Waals surface area contributed by atoms with Crippen molar-refractivity contribution in [1.29, 1.82) is 0 Å². The number of rotatable bonds is 4. The second-order valence-electron chi connectivity index (χ2n) is 4.74. The predicted molar refractivity (Wildman–Crippen MR) is 93.0 cm³/mol. The second kappa shape index (κ2) is 6.54. The van der Waals surface area contributed by atoms with Gasteiger partial charge in [0, 0.05) is 4.47 Å². The molecule has 2 aromatic rings. The van der Waals surface area contributed by atoms with E-state index in [1.807, 2.05) is 6.92 Å².